The molecule has 5 nitrogen and oxygen atoms in total. The third-order valence-corrected chi connectivity index (χ3v) is 2.32. The summed E-state index contributed by atoms with van der Waals surface area (Å²) in [6.45, 7) is 2.65. The van der Waals surface area contributed by atoms with Crippen LogP contribution < -0.4 is 11.1 Å². The first kappa shape index (κ1) is 12.7. The van der Waals surface area contributed by atoms with E-state index >= 15 is 0 Å². The van der Waals surface area contributed by atoms with Crippen molar-refractivity contribution in [3.05, 3.63) is 18.3 Å². The van der Waals surface area contributed by atoms with Crippen molar-refractivity contribution in [1.29, 1.82) is 0 Å². The maximum atomic E-state index is 9.99. The van der Waals surface area contributed by atoms with Crippen molar-refractivity contribution in [3.63, 3.8) is 0 Å². The lowest BCUT2D eigenvalue weighted by molar-refractivity contribution is 0.0357. The van der Waals surface area contributed by atoms with E-state index in [0.29, 0.717) is 31.1 Å². The average molecular weight is 225 g/mol. The second kappa shape index (κ2) is 5.67. The van der Waals surface area contributed by atoms with Gasteiger partial charge in [-0.25, -0.2) is 4.98 Å². The summed E-state index contributed by atoms with van der Waals surface area (Å²) < 4.78 is 4.93. The summed E-state index contributed by atoms with van der Waals surface area (Å²) in [7, 11) is 1.61. The lowest BCUT2D eigenvalue weighted by Crippen LogP contribution is -2.35. The van der Waals surface area contributed by atoms with E-state index in [4.69, 9.17) is 10.5 Å². The van der Waals surface area contributed by atoms with Crippen LogP contribution in [0, 0.1) is 0 Å². The Morgan fingerprint density at radius 2 is 2.38 bits per heavy atom. The zero-order valence-electron chi connectivity index (χ0n) is 9.73. The van der Waals surface area contributed by atoms with Gasteiger partial charge in [0.15, 0.2) is 0 Å². The molecule has 16 heavy (non-hydrogen) atoms. The molecule has 1 heterocycles. The Bertz CT molecular complexity index is 329. The van der Waals surface area contributed by atoms with E-state index in [1.165, 1.54) is 0 Å². The predicted octanol–water partition coefficient (Wildman–Crippen LogP) is 0.863. The number of aromatic nitrogens is 1. The minimum atomic E-state index is -0.833. The van der Waals surface area contributed by atoms with Crippen molar-refractivity contribution >= 4 is 11.5 Å². The van der Waals surface area contributed by atoms with E-state index in [9.17, 15) is 5.11 Å². The van der Waals surface area contributed by atoms with Crippen LogP contribution in [-0.2, 0) is 4.74 Å². The summed E-state index contributed by atoms with van der Waals surface area (Å²) in [4.78, 5) is 4.08. The SMILES string of the molecule is COCCC(C)(O)CNc1ncccc1N. The fourth-order valence-corrected chi connectivity index (χ4v) is 1.25. The molecule has 0 aliphatic heterocycles. The summed E-state index contributed by atoms with van der Waals surface area (Å²) in [5.41, 5.74) is 5.46. The molecule has 4 N–H and O–H groups in total. The number of rotatable bonds is 6. The van der Waals surface area contributed by atoms with Crippen LogP contribution in [0.4, 0.5) is 11.5 Å². The van der Waals surface area contributed by atoms with Gasteiger partial charge in [-0.05, 0) is 19.1 Å². The average Bonchev–Trinajstić information content (AvgIpc) is 2.26. The van der Waals surface area contributed by atoms with E-state index in [-0.39, 0.29) is 0 Å². The quantitative estimate of drug-likeness (QED) is 0.669. The van der Waals surface area contributed by atoms with Crippen LogP contribution in [0.5, 0.6) is 0 Å². The molecule has 0 saturated carbocycles. The zero-order chi connectivity index (χ0) is 12.0. The molecule has 0 fully saturated rings. The Labute approximate surface area is 95.6 Å². The number of hydrogen-bond donors (Lipinski definition) is 3. The van der Waals surface area contributed by atoms with E-state index in [1.54, 1.807) is 32.4 Å². The molecule has 0 aliphatic rings. The first-order chi connectivity index (χ1) is 7.55. The number of hydrogen-bond acceptors (Lipinski definition) is 5. The smallest absolute Gasteiger partial charge is 0.149 e. The molecule has 1 unspecified atom stereocenters. The van der Waals surface area contributed by atoms with Gasteiger partial charge in [-0.1, -0.05) is 0 Å². The number of methoxy groups -OCH3 is 1. The fourth-order valence-electron chi connectivity index (χ4n) is 1.25. The van der Waals surface area contributed by atoms with Gasteiger partial charge in [-0.2, -0.15) is 0 Å². The van der Waals surface area contributed by atoms with Crippen molar-refractivity contribution < 1.29 is 9.84 Å². The number of anilines is 2. The Morgan fingerprint density at radius 1 is 1.62 bits per heavy atom. The molecule has 0 amide bonds. The second-order valence-electron chi connectivity index (χ2n) is 4.03. The van der Waals surface area contributed by atoms with Crippen LogP contribution in [0.25, 0.3) is 0 Å². The Balaban J connectivity index is 2.47. The highest BCUT2D eigenvalue weighted by Gasteiger charge is 2.20. The highest BCUT2D eigenvalue weighted by Crippen LogP contribution is 2.16. The molecule has 90 valence electrons. The number of nitrogens with zero attached hydrogens (tertiary/aromatic N) is 1. The van der Waals surface area contributed by atoms with Crippen molar-refractivity contribution in [2.75, 3.05) is 31.3 Å². The van der Waals surface area contributed by atoms with Gasteiger partial charge in [-0.3, -0.25) is 0 Å². The summed E-state index contributed by atoms with van der Waals surface area (Å²) in [6.07, 6.45) is 2.21. The number of ether oxygens (including phenoxy) is 1. The van der Waals surface area contributed by atoms with Crippen molar-refractivity contribution in [3.8, 4) is 0 Å². The lowest BCUT2D eigenvalue weighted by Gasteiger charge is -2.23. The van der Waals surface area contributed by atoms with Crippen LogP contribution in [-0.4, -0.2) is 36.0 Å². The number of aliphatic hydroxyl groups is 1. The van der Waals surface area contributed by atoms with Gasteiger partial charge >= 0.3 is 0 Å². The molecule has 1 rings (SSSR count). The minimum absolute atomic E-state index is 0.386. The maximum absolute atomic E-state index is 9.99. The number of pyridine rings is 1. The molecule has 0 saturated heterocycles. The molecular formula is C11H19N3O2. The Hall–Kier alpha value is -1.33. The van der Waals surface area contributed by atoms with Gasteiger partial charge in [0, 0.05) is 32.9 Å². The highest BCUT2D eigenvalue weighted by molar-refractivity contribution is 5.60. The number of nitrogens with one attached hydrogen (secondary N) is 1. The zero-order valence-corrected chi connectivity index (χ0v) is 9.73. The van der Waals surface area contributed by atoms with Crippen LogP contribution >= 0.6 is 0 Å². The Kier molecular flexibility index (Phi) is 4.52. The normalized spacial score (nSPS) is 14.4. The lowest BCUT2D eigenvalue weighted by atomic mass is 10.0. The molecule has 0 radical (unpaired) electrons. The summed E-state index contributed by atoms with van der Waals surface area (Å²) >= 11 is 0. The van der Waals surface area contributed by atoms with Gasteiger partial charge in [-0.15, -0.1) is 0 Å². The molecule has 0 aliphatic carbocycles. The standard InChI is InChI=1S/C11H19N3O2/c1-11(15,5-7-16-2)8-14-10-9(12)4-3-6-13-10/h3-4,6,15H,5,7-8,12H2,1-2H3,(H,13,14). The van der Waals surface area contributed by atoms with Crippen LogP contribution in [0.1, 0.15) is 13.3 Å². The molecule has 0 spiro atoms. The maximum Gasteiger partial charge on any atom is 0.149 e. The predicted molar refractivity (Wildman–Crippen MR) is 64.3 cm³/mol. The van der Waals surface area contributed by atoms with Gasteiger partial charge in [0.1, 0.15) is 5.82 Å². The highest BCUT2D eigenvalue weighted by atomic mass is 16.5. The van der Waals surface area contributed by atoms with Crippen LogP contribution in [0.3, 0.4) is 0 Å². The Morgan fingerprint density at radius 3 is 3.00 bits per heavy atom. The third kappa shape index (κ3) is 4.04. The minimum Gasteiger partial charge on any atom is -0.396 e. The third-order valence-electron chi connectivity index (χ3n) is 2.32. The summed E-state index contributed by atoms with van der Waals surface area (Å²) in [6, 6.07) is 3.53. The first-order valence-corrected chi connectivity index (χ1v) is 5.21. The van der Waals surface area contributed by atoms with Crippen LogP contribution in [0.15, 0.2) is 18.3 Å². The topological polar surface area (TPSA) is 80.4 Å². The van der Waals surface area contributed by atoms with Gasteiger partial charge in [0.25, 0.3) is 0 Å². The molecule has 5 heteroatoms. The molecule has 1 aromatic heterocycles. The molecule has 1 atom stereocenters. The van der Waals surface area contributed by atoms with Crippen molar-refractivity contribution in [2.45, 2.75) is 18.9 Å². The first-order valence-electron chi connectivity index (χ1n) is 5.21. The molecule has 1 aromatic rings. The largest absolute Gasteiger partial charge is 0.396 e. The van der Waals surface area contributed by atoms with E-state index in [0.717, 1.165) is 0 Å². The molecule has 0 bridgehead atoms. The second-order valence-corrected chi connectivity index (χ2v) is 4.03. The van der Waals surface area contributed by atoms with Gasteiger partial charge in [0.05, 0.1) is 11.3 Å². The number of nitrogens with two attached hydrogens (primary N) is 1. The monoisotopic (exact) mass is 225 g/mol. The summed E-state index contributed by atoms with van der Waals surface area (Å²) in [5.74, 6) is 0.597. The summed E-state index contributed by atoms with van der Waals surface area (Å²) in [5, 5.41) is 13.0. The van der Waals surface area contributed by atoms with Gasteiger partial charge < -0.3 is 20.9 Å². The van der Waals surface area contributed by atoms with Gasteiger partial charge in [0.2, 0.25) is 0 Å². The fraction of sp³-hybridized carbons (Fsp3) is 0.545. The van der Waals surface area contributed by atoms with E-state index < -0.39 is 5.60 Å². The molecular weight excluding hydrogens is 206 g/mol. The van der Waals surface area contributed by atoms with Crippen molar-refractivity contribution in [2.24, 2.45) is 0 Å². The van der Waals surface area contributed by atoms with E-state index in [2.05, 4.69) is 10.3 Å². The van der Waals surface area contributed by atoms with Crippen molar-refractivity contribution in [1.82, 2.24) is 4.98 Å². The van der Waals surface area contributed by atoms with Crippen LogP contribution in [0.2, 0.25) is 0 Å². The molecule has 0 aromatic carbocycles. The van der Waals surface area contributed by atoms with E-state index in [1.807, 2.05) is 0 Å². The number of nitrogen functional groups attached to an aromatic ring is 1.